The van der Waals surface area contributed by atoms with Gasteiger partial charge in [0.1, 0.15) is 13.2 Å². The van der Waals surface area contributed by atoms with Crippen LogP contribution in [0.3, 0.4) is 0 Å². The third kappa shape index (κ3) is 35.2. The summed E-state index contributed by atoms with van der Waals surface area (Å²) < 4.78 is 51.9. The molecule has 0 aliphatic carbocycles. The Balaban J connectivity index is 2.32. The first kappa shape index (κ1) is 69.7. The quantitative estimate of drug-likeness (QED) is 0.0201. The molecule has 2 aromatic carbocycles. The van der Waals surface area contributed by atoms with E-state index in [0.717, 1.165) is 4.90 Å². The van der Waals surface area contributed by atoms with Gasteiger partial charge < -0.3 is 83.9 Å². The van der Waals surface area contributed by atoms with Crippen LogP contribution < -0.4 is 24.8 Å². The van der Waals surface area contributed by atoms with Crippen molar-refractivity contribution in [3.8, 4) is 28.7 Å². The number of esters is 1. The number of aliphatic carboxylic acids is 4. The molecule has 452 valence electrons. The van der Waals surface area contributed by atoms with E-state index < -0.39 is 74.4 Å². The van der Waals surface area contributed by atoms with Crippen molar-refractivity contribution in [2.24, 2.45) is 0 Å². The van der Waals surface area contributed by atoms with Gasteiger partial charge in [-0.1, -0.05) is 6.07 Å². The van der Waals surface area contributed by atoms with Gasteiger partial charge in [0.25, 0.3) is 0 Å². The molecule has 2 aromatic rings. The van der Waals surface area contributed by atoms with Crippen LogP contribution in [0.4, 0.5) is 0 Å². The van der Waals surface area contributed by atoms with Crippen molar-refractivity contribution in [3.05, 3.63) is 41.5 Å². The summed E-state index contributed by atoms with van der Waals surface area (Å²) in [6.45, 7) is 10.7. The molecule has 8 N–H and O–H groups in total. The number of carbonyl (C=O) groups is 7. The van der Waals surface area contributed by atoms with Crippen molar-refractivity contribution in [3.63, 3.8) is 0 Å². The van der Waals surface area contributed by atoms with E-state index in [1.165, 1.54) is 34.1 Å². The summed E-state index contributed by atoms with van der Waals surface area (Å²) in [4.78, 5) is 89.7. The number of carboxylic acids is 4. The van der Waals surface area contributed by atoms with E-state index in [4.69, 9.17) is 42.6 Å². The zero-order chi connectivity index (χ0) is 59.5. The van der Waals surface area contributed by atoms with Crippen LogP contribution in [0.15, 0.2) is 30.3 Å². The number of rotatable bonds is 45. The Kier molecular flexibility index (Phi) is 33.3. The molecule has 27 heteroatoms. The summed E-state index contributed by atoms with van der Waals surface area (Å²) in [7, 11) is 0. The van der Waals surface area contributed by atoms with Crippen LogP contribution in [0.25, 0.3) is 0 Å². The fourth-order valence-corrected chi connectivity index (χ4v) is 6.95. The lowest BCUT2D eigenvalue weighted by Crippen LogP contribution is -2.46. The second kappa shape index (κ2) is 38.3. The number of nitrogens with one attached hydrogen (secondary N) is 2. The first-order valence-corrected chi connectivity index (χ1v) is 26.1. The Morgan fingerprint density at radius 1 is 0.475 bits per heavy atom. The molecule has 2 rings (SSSR count). The van der Waals surface area contributed by atoms with Gasteiger partial charge in [-0.05, 0) is 83.4 Å². The number of hydrogen-bond acceptors (Lipinski definition) is 21. The first-order valence-electron chi connectivity index (χ1n) is 26.1. The summed E-state index contributed by atoms with van der Waals surface area (Å²) >= 11 is 0. The highest BCUT2D eigenvalue weighted by atomic mass is 16.6. The van der Waals surface area contributed by atoms with E-state index in [1.807, 2.05) is 41.5 Å². The number of hydrogen-bond donors (Lipinski definition) is 8. The maximum Gasteiger partial charge on any atom is 0.317 e. The van der Waals surface area contributed by atoms with Crippen molar-refractivity contribution in [1.82, 2.24) is 25.3 Å². The molecular weight excluding hydrogens is 1060 g/mol. The Bertz CT molecular complexity index is 2150. The van der Waals surface area contributed by atoms with E-state index in [-0.39, 0.29) is 145 Å². The summed E-state index contributed by atoms with van der Waals surface area (Å²) in [5.74, 6) is -7.82. The molecule has 0 fully saturated rings. The zero-order valence-electron chi connectivity index (χ0n) is 46.8. The van der Waals surface area contributed by atoms with E-state index in [1.54, 1.807) is 6.07 Å². The summed E-state index contributed by atoms with van der Waals surface area (Å²) in [5, 5.41) is 62.5. The van der Waals surface area contributed by atoms with Crippen LogP contribution in [0.2, 0.25) is 0 Å². The van der Waals surface area contributed by atoms with Crippen molar-refractivity contribution in [2.45, 2.75) is 78.6 Å². The van der Waals surface area contributed by atoms with Gasteiger partial charge in [-0.15, -0.1) is 0 Å². The third-order valence-electron chi connectivity index (χ3n) is 10.6. The van der Waals surface area contributed by atoms with Crippen LogP contribution in [0, 0.1) is 0 Å². The van der Waals surface area contributed by atoms with Crippen LogP contribution in [0.1, 0.15) is 65.5 Å². The number of carbonyl (C=O) groups excluding carboxylic acids is 3. The van der Waals surface area contributed by atoms with Gasteiger partial charge in [0.15, 0.2) is 23.0 Å². The van der Waals surface area contributed by atoms with Crippen molar-refractivity contribution >= 4 is 41.7 Å². The number of benzene rings is 2. The zero-order valence-corrected chi connectivity index (χ0v) is 46.8. The van der Waals surface area contributed by atoms with Gasteiger partial charge in [0.05, 0.1) is 116 Å². The maximum atomic E-state index is 13.5. The highest BCUT2D eigenvalue weighted by Gasteiger charge is 2.23. The fraction of sp³-hybridized carbons (Fsp3) is 0.642. The topological polar surface area (TPSA) is 358 Å². The van der Waals surface area contributed by atoms with Crippen molar-refractivity contribution in [1.29, 1.82) is 0 Å². The maximum absolute atomic E-state index is 13.5. The van der Waals surface area contributed by atoms with Gasteiger partial charge in [-0.25, -0.2) is 0 Å². The lowest BCUT2D eigenvalue weighted by atomic mass is 10.1. The minimum absolute atomic E-state index is 0.0102. The molecule has 0 aliphatic heterocycles. The summed E-state index contributed by atoms with van der Waals surface area (Å²) in [5.41, 5.74) is 0.393. The minimum atomic E-state index is -1.29. The Labute approximate surface area is 466 Å². The molecule has 27 nitrogen and oxygen atoms in total. The van der Waals surface area contributed by atoms with Gasteiger partial charge in [-0.3, -0.25) is 48.3 Å². The number of amides is 2. The number of ether oxygens (including phenoxy) is 9. The number of phenolic OH excluding ortho intramolecular Hbond substituents is 2. The van der Waals surface area contributed by atoms with E-state index >= 15 is 0 Å². The van der Waals surface area contributed by atoms with Crippen LogP contribution in [-0.2, 0) is 74.9 Å². The van der Waals surface area contributed by atoms with Crippen LogP contribution in [-0.4, -0.2) is 243 Å². The number of nitrogens with zero attached hydrogens (tertiary/aromatic N) is 3. The third-order valence-corrected chi connectivity index (χ3v) is 10.6. The Morgan fingerprint density at radius 3 is 1.35 bits per heavy atom. The van der Waals surface area contributed by atoms with E-state index in [0.29, 0.717) is 44.0 Å². The standard InChI is InChI=1S/C53H83N5O22/c1-52(2,3)78-27-23-74-19-17-72-21-25-76-42-30-39(32-55-45(62)33-57(35-47(65)66)15-13-56(34-46(63)64)14-16-58(36-48(67)68)37-49(69)70)31-43(77-26-22-73-18-20-75-24-28-79-53(4,5)6)51(42)80-50(71)10-9-44(61)54-12-11-38-7-8-40(59)41(60)29-38/h7-8,29-31,59-60H,9-28,32-37H2,1-6H3,(H,54,61)(H,55,62)(H,63,64)(H,65,66)(H,67,68)(H,69,70). The van der Waals surface area contributed by atoms with Crippen molar-refractivity contribution in [2.75, 3.05) is 145 Å². The number of aromatic hydroxyl groups is 2. The monoisotopic (exact) mass is 1140 g/mol. The molecule has 0 saturated carbocycles. The minimum Gasteiger partial charge on any atom is -0.504 e. The molecule has 0 unspecified atom stereocenters. The first-order chi connectivity index (χ1) is 37.8. The molecule has 0 saturated heterocycles. The highest BCUT2D eigenvalue weighted by Crippen LogP contribution is 2.39. The van der Waals surface area contributed by atoms with Crippen LogP contribution >= 0.6 is 0 Å². The number of phenols is 2. The average Bonchev–Trinajstić information content (AvgIpc) is 3.35. The summed E-state index contributed by atoms with van der Waals surface area (Å²) in [6, 6.07) is 7.26. The predicted octanol–water partition coefficient (Wildman–Crippen LogP) is 1.46. The lowest BCUT2D eigenvalue weighted by molar-refractivity contribution is -0.143. The molecule has 2 amide bonds. The lowest BCUT2D eigenvalue weighted by Gasteiger charge is -2.27. The molecule has 0 spiro atoms. The van der Waals surface area contributed by atoms with Crippen LogP contribution in [0.5, 0.6) is 28.7 Å². The molecule has 0 bridgehead atoms. The molecule has 0 atom stereocenters. The van der Waals surface area contributed by atoms with E-state index in [9.17, 15) is 64.2 Å². The molecule has 0 aromatic heterocycles. The fourth-order valence-electron chi connectivity index (χ4n) is 6.95. The smallest absolute Gasteiger partial charge is 0.317 e. The van der Waals surface area contributed by atoms with Gasteiger partial charge in [0, 0.05) is 45.7 Å². The summed E-state index contributed by atoms with van der Waals surface area (Å²) in [6.07, 6.45) is -0.304. The molecular formula is C53H83N5O22. The predicted molar refractivity (Wildman–Crippen MR) is 285 cm³/mol. The molecule has 0 radical (unpaired) electrons. The Hall–Kier alpha value is -6.43. The SMILES string of the molecule is CC(C)(C)OCCOCCOCCOc1cc(CNC(=O)CN(CCN(CCN(CC(=O)O)CC(=O)O)CC(=O)O)CC(=O)O)cc(OCCOCCOCCOC(C)(C)C)c1OC(=O)CCC(=O)NCCc1ccc(O)c(O)c1. The molecule has 80 heavy (non-hydrogen) atoms. The normalized spacial score (nSPS) is 11.7. The van der Waals surface area contributed by atoms with Crippen molar-refractivity contribution < 1.29 is 107 Å². The molecule has 0 aliphatic rings. The van der Waals surface area contributed by atoms with Gasteiger partial charge >= 0.3 is 29.8 Å². The average molecular weight is 1140 g/mol. The van der Waals surface area contributed by atoms with Gasteiger partial charge in [-0.2, -0.15) is 0 Å². The number of carboxylic acid groups (broad SMARTS) is 4. The van der Waals surface area contributed by atoms with Gasteiger partial charge in [0.2, 0.25) is 17.6 Å². The Morgan fingerprint density at radius 2 is 0.900 bits per heavy atom. The second-order valence-corrected chi connectivity index (χ2v) is 19.9. The second-order valence-electron chi connectivity index (χ2n) is 19.9. The molecule has 0 heterocycles. The highest BCUT2D eigenvalue weighted by molar-refractivity contribution is 5.83. The largest absolute Gasteiger partial charge is 0.504 e. The van der Waals surface area contributed by atoms with E-state index in [2.05, 4.69) is 10.6 Å².